The van der Waals surface area contributed by atoms with Crippen LogP contribution in [0.5, 0.6) is 5.75 Å². The van der Waals surface area contributed by atoms with Crippen LogP contribution >= 0.6 is 0 Å². The van der Waals surface area contributed by atoms with Crippen molar-refractivity contribution in [1.82, 2.24) is 0 Å². The minimum Gasteiger partial charge on any atom is -0.507 e. The maximum atomic E-state index is 10.7. The molecule has 104 valence electrons. The van der Waals surface area contributed by atoms with E-state index in [2.05, 4.69) is 23.7 Å². The van der Waals surface area contributed by atoms with E-state index in [1.165, 1.54) is 18.2 Å². The summed E-state index contributed by atoms with van der Waals surface area (Å²) in [6.45, 7) is 1.99. The third kappa shape index (κ3) is 3.68. The first-order chi connectivity index (χ1) is 10.1. The topological polar surface area (TPSA) is 70.7 Å². The fourth-order valence-electron chi connectivity index (χ4n) is 1.62. The summed E-state index contributed by atoms with van der Waals surface area (Å²) in [5, 5.41) is 18.3. The van der Waals surface area contributed by atoms with E-state index in [1.54, 1.807) is 6.07 Å². The molecule has 2 rings (SSSR count). The van der Waals surface area contributed by atoms with Crippen molar-refractivity contribution in [2.24, 2.45) is 0 Å². The Bertz CT molecular complexity index is 791. The molecule has 0 aliphatic rings. The Morgan fingerprint density at radius 3 is 2.57 bits per heavy atom. The Hall–Kier alpha value is -3.11. The van der Waals surface area contributed by atoms with Gasteiger partial charge in [0.25, 0.3) is 0 Å². The van der Waals surface area contributed by atoms with Gasteiger partial charge in [0.05, 0.1) is 0 Å². The fourth-order valence-corrected chi connectivity index (χ4v) is 1.62. The zero-order valence-electron chi connectivity index (χ0n) is 11.3. The molecule has 2 aromatic rings. The summed E-state index contributed by atoms with van der Waals surface area (Å²) in [4.78, 5) is 10.7. The van der Waals surface area contributed by atoms with Crippen molar-refractivity contribution >= 4 is 5.97 Å². The number of carboxylic acids is 1. The van der Waals surface area contributed by atoms with Gasteiger partial charge < -0.3 is 14.6 Å². The van der Waals surface area contributed by atoms with E-state index in [9.17, 15) is 9.90 Å². The highest BCUT2D eigenvalue weighted by atomic mass is 16.4. The average molecular weight is 280 g/mol. The molecule has 0 saturated heterocycles. The number of carboxylic acid groups (broad SMARTS) is 1. The smallest absolute Gasteiger partial charge is 0.339 e. The van der Waals surface area contributed by atoms with Crippen molar-refractivity contribution in [3.8, 4) is 29.4 Å². The van der Waals surface area contributed by atoms with Crippen LogP contribution in [0.3, 0.4) is 0 Å². The lowest BCUT2D eigenvalue weighted by atomic mass is 10.1. The first-order valence-electron chi connectivity index (χ1n) is 6.27. The number of aromatic carboxylic acids is 1. The molecule has 0 fully saturated rings. The monoisotopic (exact) mass is 280 g/mol. The molecule has 0 bridgehead atoms. The van der Waals surface area contributed by atoms with E-state index in [0.29, 0.717) is 11.3 Å². The minimum absolute atomic E-state index is 0.158. The number of hydrogen-bond acceptors (Lipinski definition) is 3. The van der Waals surface area contributed by atoms with Crippen LogP contribution in [0.4, 0.5) is 0 Å². The van der Waals surface area contributed by atoms with Crippen LogP contribution < -0.4 is 0 Å². The van der Waals surface area contributed by atoms with E-state index in [4.69, 9.17) is 9.52 Å². The van der Waals surface area contributed by atoms with Crippen molar-refractivity contribution < 1.29 is 19.4 Å². The summed E-state index contributed by atoms with van der Waals surface area (Å²) in [7, 11) is 0. The van der Waals surface area contributed by atoms with Crippen molar-refractivity contribution in [2.45, 2.75) is 13.3 Å². The molecule has 0 radical (unpaired) electrons. The zero-order chi connectivity index (χ0) is 15.2. The molecule has 2 N–H and O–H groups in total. The first kappa shape index (κ1) is 14.3. The van der Waals surface area contributed by atoms with Gasteiger partial charge in [0.2, 0.25) is 0 Å². The molecular formula is C17H12O4. The molecular weight excluding hydrogens is 268 g/mol. The molecule has 1 aromatic heterocycles. The predicted molar refractivity (Wildman–Crippen MR) is 76.9 cm³/mol. The van der Waals surface area contributed by atoms with Crippen LogP contribution in [0.15, 0.2) is 34.7 Å². The van der Waals surface area contributed by atoms with Crippen molar-refractivity contribution in [1.29, 1.82) is 0 Å². The molecule has 0 spiro atoms. The number of rotatable bonds is 2. The summed E-state index contributed by atoms with van der Waals surface area (Å²) < 4.78 is 5.40. The number of benzene rings is 1. The lowest BCUT2D eigenvalue weighted by Gasteiger charge is -1.98. The van der Waals surface area contributed by atoms with E-state index < -0.39 is 5.97 Å². The van der Waals surface area contributed by atoms with Gasteiger partial charge in [-0.25, -0.2) is 4.79 Å². The van der Waals surface area contributed by atoms with E-state index in [0.717, 1.165) is 12.2 Å². The average Bonchev–Trinajstić information content (AvgIpc) is 2.91. The molecule has 1 aromatic carbocycles. The van der Waals surface area contributed by atoms with Crippen molar-refractivity contribution in [3.05, 3.63) is 53.0 Å². The largest absolute Gasteiger partial charge is 0.507 e. The number of furan rings is 1. The highest BCUT2D eigenvalue weighted by Crippen LogP contribution is 2.18. The third-order valence-corrected chi connectivity index (χ3v) is 2.69. The van der Waals surface area contributed by atoms with Gasteiger partial charge in [-0.1, -0.05) is 12.8 Å². The van der Waals surface area contributed by atoms with E-state index >= 15 is 0 Å². The second kappa shape index (κ2) is 6.36. The molecule has 4 nitrogen and oxygen atoms in total. The van der Waals surface area contributed by atoms with Crippen molar-refractivity contribution in [2.75, 3.05) is 0 Å². The maximum absolute atomic E-state index is 10.7. The molecule has 4 heteroatoms. The van der Waals surface area contributed by atoms with Crippen molar-refractivity contribution in [3.63, 3.8) is 0 Å². The normalized spacial score (nSPS) is 9.19. The Kier molecular flexibility index (Phi) is 4.33. The Labute approximate surface area is 122 Å². The van der Waals surface area contributed by atoms with Crippen LogP contribution in [0.25, 0.3) is 0 Å². The standard InChI is InChI=1S/C17H12O4/c1-2-13-8-9-14(21-13)6-4-3-5-12-7-10-15(17(19)20)16(18)11-12/h7-11,18H,2H2,1H3,(H,19,20). The van der Waals surface area contributed by atoms with Crippen LogP contribution in [0.1, 0.15) is 34.4 Å². The molecule has 1 heterocycles. The van der Waals surface area contributed by atoms with Gasteiger partial charge in [-0.3, -0.25) is 0 Å². The maximum Gasteiger partial charge on any atom is 0.339 e. The van der Waals surface area contributed by atoms with Crippen LogP contribution in [0, 0.1) is 23.7 Å². The SMILES string of the molecule is CCc1ccc(C#CC#Cc2ccc(C(=O)O)c(O)c2)o1. The Morgan fingerprint density at radius 1 is 1.19 bits per heavy atom. The van der Waals surface area contributed by atoms with Crippen LogP contribution in [0.2, 0.25) is 0 Å². The number of aromatic hydroxyl groups is 1. The van der Waals surface area contributed by atoms with Gasteiger partial charge in [0.15, 0.2) is 5.76 Å². The zero-order valence-corrected chi connectivity index (χ0v) is 11.3. The summed E-state index contributed by atoms with van der Waals surface area (Å²) in [6.07, 6.45) is 0.808. The molecule has 0 aliphatic carbocycles. The second-order valence-corrected chi connectivity index (χ2v) is 4.16. The van der Waals surface area contributed by atoms with Gasteiger partial charge >= 0.3 is 5.97 Å². The van der Waals surface area contributed by atoms with Crippen LogP contribution in [-0.4, -0.2) is 16.2 Å². The van der Waals surface area contributed by atoms with E-state index in [1.807, 2.05) is 13.0 Å². The van der Waals surface area contributed by atoms with Gasteiger partial charge in [0.1, 0.15) is 17.1 Å². The number of carbonyl (C=O) groups is 1. The molecule has 0 aliphatic heterocycles. The van der Waals surface area contributed by atoms with E-state index in [-0.39, 0.29) is 11.3 Å². The molecule has 0 unspecified atom stereocenters. The Balaban J connectivity index is 2.13. The summed E-state index contributed by atoms with van der Waals surface area (Å²) in [5.41, 5.74) is 0.329. The molecule has 0 saturated carbocycles. The first-order valence-corrected chi connectivity index (χ1v) is 6.27. The number of hydrogen-bond donors (Lipinski definition) is 2. The summed E-state index contributed by atoms with van der Waals surface area (Å²) >= 11 is 0. The summed E-state index contributed by atoms with van der Waals surface area (Å²) in [5.74, 6) is 10.7. The quantitative estimate of drug-likeness (QED) is 0.830. The van der Waals surface area contributed by atoms with Gasteiger partial charge in [-0.2, -0.15) is 0 Å². The number of phenols is 1. The lowest BCUT2D eigenvalue weighted by Crippen LogP contribution is -1.96. The predicted octanol–water partition coefficient (Wildman–Crippen LogP) is 2.65. The lowest BCUT2D eigenvalue weighted by molar-refractivity contribution is 0.0693. The van der Waals surface area contributed by atoms with Gasteiger partial charge in [0, 0.05) is 12.0 Å². The number of aryl methyl sites for hydroxylation is 1. The third-order valence-electron chi connectivity index (χ3n) is 2.69. The minimum atomic E-state index is -1.18. The summed E-state index contributed by atoms with van der Waals surface area (Å²) in [6, 6.07) is 7.75. The highest BCUT2D eigenvalue weighted by Gasteiger charge is 2.08. The second-order valence-electron chi connectivity index (χ2n) is 4.16. The molecule has 21 heavy (non-hydrogen) atoms. The van der Waals surface area contributed by atoms with Gasteiger partial charge in [-0.05, 0) is 48.1 Å². The van der Waals surface area contributed by atoms with Crippen LogP contribution in [-0.2, 0) is 6.42 Å². The van der Waals surface area contributed by atoms with Gasteiger partial charge in [-0.15, -0.1) is 0 Å². The molecule has 0 atom stereocenters. The fraction of sp³-hybridized carbons (Fsp3) is 0.118. The highest BCUT2D eigenvalue weighted by molar-refractivity contribution is 5.90. The molecule has 0 amide bonds. The Morgan fingerprint density at radius 2 is 1.95 bits per heavy atom.